The SMILES string of the molecule is CSC1=CC2CCC1(C)C2(C)C. The van der Waals surface area contributed by atoms with Gasteiger partial charge in [0.2, 0.25) is 0 Å². The smallest absolute Gasteiger partial charge is 0.00382 e. The fourth-order valence-electron chi connectivity index (χ4n) is 2.93. The third-order valence-electron chi connectivity index (χ3n) is 4.42. The zero-order chi connectivity index (χ0) is 8.98. The Morgan fingerprint density at radius 3 is 2.33 bits per heavy atom. The molecular formula is C11H18S. The summed E-state index contributed by atoms with van der Waals surface area (Å²) in [7, 11) is 0. The van der Waals surface area contributed by atoms with Crippen LogP contribution in [0.1, 0.15) is 33.6 Å². The van der Waals surface area contributed by atoms with Crippen molar-refractivity contribution in [1.29, 1.82) is 0 Å². The molecule has 0 aromatic rings. The summed E-state index contributed by atoms with van der Waals surface area (Å²) in [5.41, 5.74) is 1.02. The Balaban J connectivity index is 2.43. The Labute approximate surface area is 79.8 Å². The highest BCUT2D eigenvalue weighted by molar-refractivity contribution is 8.02. The molecule has 0 aliphatic heterocycles. The summed E-state index contributed by atoms with van der Waals surface area (Å²) in [5.74, 6) is 0.852. The van der Waals surface area contributed by atoms with Crippen molar-refractivity contribution in [2.24, 2.45) is 16.7 Å². The molecule has 1 fully saturated rings. The summed E-state index contributed by atoms with van der Waals surface area (Å²) in [4.78, 5) is 1.64. The summed E-state index contributed by atoms with van der Waals surface area (Å²) in [6, 6.07) is 0. The van der Waals surface area contributed by atoms with E-state index >= 15 is 0 Å². The first kappa shape index (κ1) is 8.68. The van der Waals surface area contributed by atoms with Crippen molar-refractivity contribution >= 4 is 11.8 Å². The quantitative estimate of drug-likeness (QED) is 0.596. The second-order valence-electron chi connectivity index (χ2n) is 4.93. The first-order valence-electron chi connectivity index (χ1n) is 4.78. The molecule has 0 nitrogen and oxygen atoms in total. The van der Waals surface area contributed by atoms with Crippen molar-refractivity contribution in [2.75, 3.05) is 6.26 Å². The van der Waals surface area contributed by atoms with Gasteiger partial charge in [0.25, 0.3) is 0 Å². The minimum Gasteiger partial charge on any atom is -0.134 e. The molecule has 2 unspecified atom stereocenters. The highest BCUT2D eigenvalue weighted by Gasteiger charge is 2.56. The van der Waals surface area contributed by atoms with E-state index < -0.39 is 0 Å². The number of thioether (sulfide) groups is 1. The molecule has 0 spiro atoms. The van der Waals surface area contributed by atoms with Gasteiger partial charge in [-0.15, -0.1) is 11.8 Å². The molecule has 2 aliphatic carbocycles. The molecule has 0 saturated heterocycles. The van der Waals surface area contributed by atoms with Gasteiger partial charge in [0.05, 0.1) is 0 Å². The van der Waals surface area contributed by atoms with Crippen molar-refractivity contribution in [3.63, 3.8) is 0 Å². The molecule has 0 aromatic carbocycles. The van der Waals surface area contributed by atoms with Gasteiger partial charge in [0.15, 0.2) is 0 Å². The summed E-state index contributed by atoms with van der Waals surface area (Å²) < 4.78 is 0. The molecule has 1 saturated carbocycles. The van der Waals surface area contributed by atoms with Gasteiger partial charge >= 0.3 is 0 Å². The van der Waals surface area contributed by atoms with E-state index in [4.69, 9.17) is 0 Å². The van der Waals surface area contributed by atoms with E-state index in [0.717, 1.165) is 5.92 Å². The van der Waals surface area contributed by atoms with Crippen molar-refractivity contribution < 1.29 is 0 Å². The van der Waals surface area contributed by atoms with Crippen molar-refractivity contribution in [3.8, 4) is 0 Å². The predicted molar refractivity (Wildman–Crippen MR) is 56.2 cm³/mol. The number of allylic oxidation sites excluding steroid dienone is 2. The molecule has 2 bridgehead atoms. The Morgan fingerprint density at radius 2 is 2.08 bits per heavy atom. The molecule has 2 atom stereocenters. The van der Waals surface area contributed by atoms with E-state index in [1.54, 1.807) is 4.91 Å². The summed E-state index contributed by atoms with van der Waals surface area (Å²) in [6.07, 6.45) is 7.55. The molecule has 1 heteroatoms. The molecular weight excluding hydrogens is 164 g/mol. The van der Waals surface area contributed by atoms with Crippen molar-refractivity contribution in [1.82, 2.24) is 0 Å². The van der Waals surface area contributed by atoms with E-state index in [1.165, 1.54) is 12.8 Å². The maximum absolute atomic E-state index is 2.52. The number of hydrogen-bond acceptors (Lipinski definition) is 1. The van der Waals surface area contributed by atoms with Crippen molar-refractivity contribution in [2.45, 2.75) is 33.6 Å². The van der Waals surface area contributed by atoms with Crippen LogP contribution in [0.15, 0.2) is 11.0 Å². The third-order valence-corrected chi connectivity index (χ3v) is 5.45. The Bertz CT molecular complexity index is 239. The molecule has 0 radical (unpaired) electrons. The maximum Gasteiger partial charge on any atom is 0.00382 e. The van der Waals surface area contributed by atoms with Crippen LogP contribution in [0.2, 0.25) is 0 Å². The average Bonchev–Trinajstić information content (AvgIpc) is 2.34. The summed E-state index contributed by atoms with van der Waals surface area (Å²) in [5, 5.41) is 0. The van der Waals surface area contributed by atoms with Crippen LogP contribution in [0.3, 0.4) is 0 Å². The normalized spacial score (nSPS) is 43.3. The highest BCUT2D eigenvalue weighted by atomic mass is 32.2. The van der Waals surface area contributed by atoms with Crippen LogP contribution in [-0.4, -0.2) is 6.26 Å². The number of rotatable bonds is 1. The van der Waals surface area contributed by atoms with Crippen LogP contribution in [0, 0.1) is 16.7 Å². The number of hydrogen-bond donors (Lipinski definition) is 0. The van der Waals surface area contributed by atoms with E-state index in [9.17, 15) is 0 Å². The lowest BCUT2D eigenvalue weighted by atomic mass is 9.70. The Hall–Kier alpha value is 0.0900. The average molecular weight is 182 g/mol. The molecule has 0 amide bonds. The van der Waals surface area contributed by atoms with E-state index in [1.807, 2.05) is 11.8 Å². The van der Waals surface area contributed by atoms with Crippen LogP contribution in [-0.2, 0) is 0 Å². The van der Waals surface area contributed by atoms with Crippen LogP contribution in [0.5, 0.6) is 0 Å². The van der Waals surface area contributed by atoms with Gasteiger partial charge in [-0.1, -0.05) is 26.8 Å². The standard InChI is InChI=1S/C11H18S/c1-10(2)8-5-6-11(10,3)9(7-8)12-4/h7-8H,5-6H2,1-4H3. The monoisotopic (exact) mass is 182 g/mol. The van der Waals surface area contributed by atoms with Gasteiger partial charge in [0.1, 0.15) is 0 Å². The van der Waals surface area contributed by atoms with E-state index in [-0.39, 0.29) is 0 Å². The van der Waals surface area contributed by atoms with Crippen molar-refractivity contribution in [3.05, 3.63) is 11.0 Å². The van der Waals surface area contributed by atoms with Crippen LogP contribution in [0.25, 0.3) is 0 Å². The third kappa shape index (κ3) is 0.761. The molecule has 0 N–H and O–H groups in total. The maximum atomic E-state index is 2.52. The number of fused-ring (bicyclic) bond motifs is 2. The minimum atomic E-state index is 0.497. The molecule has 2 rings (SSSR count). The predicted octanol–water partition coefficient (Wildman–Crippen LogP) is 3.69. The second kappa shape index (κ2) is 2.31. The molecule has 2 aliphatic rings. The fourth-order valence-corrected chi connectivity index (χ4v) is 4.04. The lowest BCUT2D eigenvalue weighted by molar-refractivity contribution is 0.179. The molecule has 68 valence electrons. The van der Waals surface area contributed by atoms with Gasteiger partial charge in [0, 0.05) is 5.41 Å². The van der Waals surface area contributed by atoms with E-state index in [0.29, 0.717) is 10.8 Å². The van der Waals surface area contributed by atoms with Gasteiger partial charge in [-0.05, 0) is 35.3 Å². The minimum absolute atomic E-state index is 0.497. The zero-order valence-corrected chi connectivity index (χ0v) is 9.29. The van der Waals surface area contributed by atoms with Crippen LogP contribution in [0.4, 0.5) is 0 Å². The van der Waals surface area contributed by atoms with Crippen LogP contribution >= 0.6 is 11.8 Å². The lowest BCUT2D eigenvalue weighted by Gasteiger charge is -2.36. The molecule has 0 aromatic heterocycles. The van der Waals surface area contributed by atoms with Gasteiger partial charge in [-0.2, -0.15) is 0 Å². The first-order valence-corrected chi connectivity index (χ1v) is 6.01. The summed E-state index contributed by atoms with van der Waals surface area (Å²) >= 11 is 1.96. The fraction of sp³-hybridized carbons (Fsp3) is 0.818. The topological polar surface area (TPSA) is 0 Å². The van der Waals surface area contributed by atoms with Gasteiger partial charge in [-0.3, -0.25) is 0 Å². The molecule has 0 heterocycles. The first-order chi connectivity index (χ1) is 5.52. The summed E-state index contributed by atoms with van der Waals surface area (Å²) in [6.45, 7) is 7.32. The Kier molecular flexibility index (Phi) is 1.67. The lowest BCUT2D eigenvalue weighted by Crippen LogP contribution is -2.29. The zero-order valence-electron chi connectivity index (χ0n) is 8.48. The molecule has 12 heavy (non-hydrogen) atoms. The largest absolute Gasteiger partial charge is 0.134 e. The van der Waals surface area contributed by atoms with Gasteiger partial charge in [-0.25, -0.2) is 0 Å². The van der Waals surface area contributed by atoms with E-state index in [2.05, 4.69) is 33.1 Å². The van der Waals surface area contributed by atoms with Crippen LogP contribution < -0.4 is 0 Å². The highest BCUT2D eigenvalue weighted by Crippen LogP contribution is 2.66. The van der Waals surface area contributed by atoms with Gasteiger partial charge < -0.3 is 0 Å². The Morgan fingerprint density at radius 1 is 1.42 bits per heavy atom. The second-order valence-corrected chi connectivity index (χ2v) is 5.78.